The van der Waals surface area contributed by atoms with Crippen molar-refractivity contribution in [2.75, 3.05) is 6.61 Å². The molecule has 3 nitrogen and oxygen atoms in total. The second-order valence-corrected chi connectivity index (χ2v) is 4.79. The molecule has 1 aromatic carbocycles. The van der Waals surface area contributed by atoms with Crippen LogP contribution in [-0.2, 0) is 13.0 Å². The van der Waals surface area contributed by atoms with Crippen molar-refractivity contribution >= 4 is 11.3 Å². The van der Waals surface area contributed by atoms with Gasteiger partial charge in [-0.3, -0.25) is 0 Å². The normalized spacial score (nSPS) is 10.5. The van der Waals surface area contributed by atoms with Crippen LogP contribution < -0.4 is 10.5 Å². The predicted octanol–water partition coefficient (Wildman–Crippen LogP) is 2.53. The van der Waals surface area contributed by atoms with Gasteiger partial charge in [-0.15, -0.1) is 11.3 Å². The van der Waals surface area contributed by atoms with E-state index in [1.54, 1.807) is 11.3 Å². The molecule has 2 rings (SSSR count). The van der Waals surface area contributed by atoms with Gasteiger partial charge in [0.05, 0.1) is 12.3 Å². The zero-order valence-electron chi connectivity index (χ0n) is 9.85. The molecule has 0 bridgehead atoms. The number of rotatable bonds is 5. The lowest BCUT2D eigenvalue weighted by Crippen LogP contribution is -2.02. The van der Waals surface area contributed by atoms with Crippen molar-refractivity contribution in [1.29, 1.82) is 0 Å². The number of ether oxygens (including phenoxy) is 1. The van der Waals surface area contributed by atoms with Gasteiger partial charge >= 0.3 is 0 Å². The SMILES string of the molecule is Cc1ccc(OCCc2csc(CN)n2)cc1. The van der Waals surface area contributed by atoms with Gasteiger partial charge in [-0.2, -0.15) is 0 Å². The third kappa shape index (κ3) is 3.54. The van der Waals surface area contributed by atoms with E-state index in [2.05, 4.69) is 11.9 Å². The zero-order valence-corrected chi connectivity index (χ0v) is 10.7. The Bertz CT molecular complexity index is 465. The topological polar surface area (TPSA) is 48.1 Å². The van der Waals surface area contributed by atoms with Crippen LogP contribution in [0.15, 0.2) is 29.6 Å². The van der Waals surface area contributed by atoms with Gasteiger partial charge in [0.1, 0.15) is 10.8 Å². The summed E-state index contributed by atoms with van der Waals surface area (Å²) in [4.78, 5) is 4.39. The fourth-order valence-electron chi connectivity index (χ4n) is 1.47. The second kappa shape index (κ2) is 5.80. The molecule has 0 aliphatic carbocycles. The minimum Gasteiger partial charge on any atom is -0.493 e. The van der Waals surface area contributed by atoms with E-state index in [1.165, 1.54) is 5.56 Å². The van der Waals surface area contributed by atoms with E-state index in [1.807, 2.05) is 29.6 Å². The maximum absolute atomic E-state index is 5.64. The van der Waals surface area contributed by atoms with Gasteiger partial charge in [-0.25, -0.2) is 4.98 Å². The van der Waals surface area contributed by atoms with Gasteiger partial charge in [0.2, 0.25) is 0 Å². The van der Waals surface area contributed by atoms with E-state index in [4.69, 9.17) is 10.5 Å². The molecule has 0 fully saturated rings. The fraction of sp³-hybridized carbons (Fsp3) is 0.308. The van der Waals surface area contributed by atoms with E-state index in [-0.39, 0.29) is 0 Å². The molecule has 0 saturated carbocycles. The number of aryl methyl sites for hydroxylation is 1. The van der Waals surface area contributed by atoms with Crippen molar-refractivity contribution in [2.45, 2.75) is 19.9 Å². The molecular weight excluding hydrogens is 232 g/mol. The number of aromatic nitrogens is 1. The van der Waals surface area contributed by atoms with Crippen molar-refractivity contribution in [3.8, 4) is 5.75 Å². The monoisotopic (exact) mass is 248 g/mol. The van der Waals surface area contributed by atoms with E-state index < -0.39 is 0 Å². The van der Waals surface area contributed by atoms with E-state index in [9.17, 15) is 0 Å². The maximum atomic E-state index is 5.64. The smallest absolute Gasteiger partial charge is 0.119 e. The quantitative estimate of drug-likeness (QED) is 0.884. The summed E-state index contributed by atoms with van der Waals surface area (Å²) in [5.74, 6) is 0.907. The van der Waals surface area contributed by atoms with Gasteiger partial charge in [0.15, 0.2) is 0 Å². The first-order chi connectivity index (χ1) is 8.28. The Morgan fingerprint density at radius 3 is 2.71 bits per heavy atom. The molecule has 1 heterocycles. The molecule has 4 heteroatoms. The van der Waals surface area contributed by atoms with Crippen LogP contribution >= 0.6 is 11.3 Å². The molecule has 90 valence electrons. The highest BCUT2D eigenvalue weighted by atomic mass is 32.1. The lowest BCUT2D eigenvalue weighted by molar-refractivity contribution is 0.320. The molecule has 2 aromatic rings. The van der Waals surface area contributed by atoms with Crippen molar-refractivity contribution in [2.24, 2.45) is 5.73 Å². The number of hydrogen-bond acceptors (Lipinski definition) is 4. The Morgan fingerprint density at radius 1 is 1.29 bits per heavy atom. The highest BCUT2D eigenvalue weighted by Gasteiger charge is 2.00. The molecule has 0 atom stereocenters. The van der Waals surface area contributed by atoms with Crippen LogP contribution in [0.5, 0.6) is 5.75 Å². The minimum atomic E-state index is 0.517. The largest absolute Gasteiger partial charge is 0.493 e. The lowest BCUT2D eigenvalue weighted by Gasteiger charge is -2.04. The summed E-state index contributed by atoms with van der Waals surface area (Å²) in [5.41, 5.74) is 7.81. The summed E-state index contributed by atoms with van der Waals surface area (Å²) in [7, 11) is 0. The molecule has 0 unspecified atom stereocenters. The third-order valence-electron chi connectivity index (χ3n) is 2.42. The highest BCUT2D eigenvalue weighted by molar-refractivity contribution is 7.09. The van der Waals surface area contributed by atoms with E-state index >= 15 is 0 Å². The molecule has 0 spiro atoms. The number of benzene rings is 1. The number of hydrogen-bond donors (Lipinski definition) is 1. The fourth-order valence-corrected chi connectivity index (χ4v) is 2.17. The second-order valence-electron chi connectivity index (χ2n) is 3.85. The van der Waals surface area contributed by atoms with Crippen LogP contribution in [0.2, 0.25) is 0 Å². The summed E-state index contributed by atoms with van der Waals surface area (Å²) in [6.45, 7) is 3.23. The number of thiazole rings is 1. The average molecular weight is 248 g/mol. The van der Waals surface area contributed by atoms with Crippen LogP contribution in [0.4, 0.5) is 0 Å². The molecule has 0 amide bonds. The molecule has 1 aromatic heterocycles. The standard InChI is InChI=1S/C13H16N2OS/c1-10-2-4-12(5-3-10)16-7-6-11-9-17-13(8-14)15-11/h2-5,9H,6-8,14H2,1H3. The predicted molar refractivity (Wildman–Crippen MR) is 70.4 cm³/mol. The van der Waals surface area contributed by atoms with Gasteiger partial charge < -0.3 is 10.5 Å². The van der Waals surface area contributed by atoms with Gasteiger partial charge in [0.25, 0.3) is 0 Å². The first-order valence-corrected chi connectivity index (χ1v) is 6.48. The summed E-state index contributed by atoms with van der Waals surface area (Å²) < 4.78 is 5.64. The van der Waals surface area contributed by atoms with Crippen LogP contribution in [0, 0.1) is 6.92 Å². The Labute approximate surface area is 105 Å². The van der Waals surface area contributed by atoms with Crippen LogP contribution in [0.1, 0.15) is 16.3 Å². The average Bonchev–Trinajstić information content (AvgIpc) is 2.80. The maximum Gasteiger partial charge on any atom is 0.119 e. The molecule has 0 aliphatic heterocycles. The first-order valence-electron chi connectivity index (χ1n) is 5.61. The molecular formula is C13H16N2OS. The summed E-state index contributed by atoms with van der Waals surface area (Å²) >= 11 is 1.61. The minimum absolute atomic E-state index is 0.517. The molecule has 17 heavy (non-hydrogen) atoms. The van der Waals surface area contributed by atoms with Crippen molar-refractivity contribution in [3.63, 3.8) is 0 Å². The Balaban J connectivity index is 1.81. The Morgan fingerprint density at radius 2 is 2.06 bits per heavy atom. The van der Waals surface area contributed by atoms with E-state index in [0.717, 1.165) is 22.9 Å². The van der Waals surface area contributed by atoms with Gasteiger partial charge in [0, 0.05) is 18.3 Å². The number of nitrogens with two attached hydrogens (primary N) is 1. The zero-order chi connectivity index (χ0) is 12.1. The van der Waals surface area contributed by atoms with Crippen LogP contribution in [-0.4, -0.2) is 11.6 Å². The molecule has 0 aliphatic rings. The van der Waals surface area contributed by atoms with Crippen LogP contribution in [0.25, 0.3) is 0 Å². The molecule has 0 saturated heterocycles. The summed E-state index contributed by atoms with van der Waals surface area (Å²) in [5, 5.41) is 3.02. The molecule has 2 N–H and O–H groups in total. The Kier molecular flexibility index (Phi) is 4.12. The van der Waals surface area contributed by atoms with Gasteiger partial charge in [-0.05, 0) is 19.1 Å². The lowest BCUT2D eigenvalue weighted by atomic mass is 10.2. The summed E-state index contributed by atoms with van der Waals surface area (Å²) in [6, 6.07) is 8.07. The number of nitrogens with zero attached hydrogens (tertiary/aromatic N) is 1. The van der Waals surface area contributed by atoms with Crippen molar-refractivity contribution in [1.82, 2.24) is 4.98 Å². The van der Waals surface area contributed by atoms with Crippen molar-refractivity contribution in [3.05, 3.63) is 45.9 Å². The van der Waals surface area contributed by atoms with Crippen LogP contribution in [0.3, 0.4) is 0 Å². The van der Waals surface area contributed by atoms with E-state index in [0.29, 0.717) is 13.2 Å². The Hall–Kier alpha value is -1.39. The third-order valence-corrected chi connectivity index (χ3v) is 3.34. The first kappa shape index (κ1) is 12.1. The molecule has 0 radical (unpaired) electrons. The summed E-state index contributed by atoms with van der Waals surface area (Å²) in [6.07, 6.45) is 0.824. The highest BCUT2D eigenvalue weighted by Crippen LogP contribution is 2.13. The van der Waals surface area contributed by atoms with Gasteiger partial charge in [-0.1, -0.05) is 17.7 Å². The van der Waals surface area contributed by atoms with Crippen molar-refractivity contribution < 1.29 is 4.74 Å².